The van der Waals surface area contributed by atoms with Crippen molar-refractivity contribution in [1.82, 2.24) is 19.4 Å². The Kier molecular flexibility index (Phi) is 4.85. The first-order valence-corrected chi connectivity index (χ1v) is 9.93. The van der Waals surface area contributed by atoms with Crippen molar-refractivity contribution in [3.05, 3.63) is 34.2 Å². The molecule has 2 fully saturated rings. The van der Waals surface area contributed by atoms with E-state index in [0.717, 1.165) is 63.0 Å². The van der Waals surface area contributed by atoms with Gasteiger partial charge in [-0.2, -0.15) is 0 Å². The lowest BCUT2D eigenvalue weighted by molar-refractivity contribution is 0.0762. The molecule has 1 amide bonds. The number of aromatic amines is 1. The van der Waals surface area contributed by atoms with Gasteiger partial charge < -0.3 is 14.8 Å². The third kappa shape index (κ3) is 3.18. The highest BCUT2D eigenvalue weighted by atomic mass is 16.2. The minimum absolute atomic E-state index is 0.0511. The number of H-pyrrole nitrogens is 1. The zero-order valence-corrected chi connectivity index (χ0v) is 15.5. The average molecular weight is 356 g/mol. The van der Waals surface area contributed by atoms with E-state index in [2.05, 4.69) is 16.8 Å². The van der Waals surface area contributed by atoms with Gasteiger partial charge in [-0.25, -0.2) is 4.79 Å². The normalized spacial score (nSPS) is 20.0. The van der Waals surface area contributed by atoms with E-state index in [0.29, 0.717) is 11.6 Å². The second kappa shape index (κ2) is 7.27. The highest BCUT2D eigenvalue weighted by Crippen LogP contribution is 2.30. The zero-order valence-electron chi connectivity index (χ0n) is 15.5. The molecule has 1 aromatic carbocycles. The Morgan fingerprint density at radius 1 is 1.12 bits per heavy atom. The van der Waals surface area contributed by atoms with Crippen LogP contribution in [0.5, 0.6) is 0 Å². The molecule has 2 aromatic rings. The lowest BCUT2D eigenvalue weighted by Gasteiger charge is -2.21. The number of fused-ring (bicyclic) bond motifs is 1. The number of nitrogens with one attached hydrogen (secondary N) is 1. The maximum Gasteiger partial charge on any atom is 0.326 e. The van der Waals surface area contributed by atoms with E-state index in [1.807, 2.05) is 27.7 Å². The number of carbonyl (C=O) groups excluding carboxylic acids is 1. The molecule has 1 aliphatic carbocycles. The summed E-state index contributed by atoms with van der Waals surface area (Å²) < 4.78 is 1.89. The molecule has 2 aliphatic rings. The molecule has 0 spiro atoms. The van der Waals surface area contributed by atoms with Crippen LogP contribution in [0.2, 0.25) is 0 Å². The molecular weight excluding hydrogens is 328 g/mol. The summed E-state index contributed by atoms with van der Waals surface area (Å²) in [5, 5.41) is 0. The van der Waals surface area contributed by atoms with Crippen LogP contribution < -0.4 is 5.69 Å². The van der Waals surface area contributed by atoms with E-state index in [9.17, 15) is 9.59 Å². The van der Waals surface area contributed by atoms with E-state index in [4.69, 9.17) is 0 Å². The molecule has 1 saturated heterocycles. The third-order valence-corrected chi connectivity index (χ3v) is 5.98. The summed E-state index contributed by atoms with van der Waals surface area (Å²) >= 11 is 0. The van der Waals surface area contributed by atoms with Crippen molar-refractivity contribution >= 4 is 16.9 Å². The molecule has 1 saturated carbocycles. The number of aromatic nitrogens is 2. The second-order valence-electron chi connectivity index (χ2n) is 7.55. The summed E-state index contributed by atoms with van der Waals surface area (Å²) in [6.45, 7) is 6.74. The fraction of sp³-hybridized carbons (Fsp3) is 0.600. The fourth-order valence-corrected chi connectivity index (χ4v) is 4.46. The standard InChI is InChI=1S/C20H28N4O2/c1-2-22-10-5-11-23(13-12-22)19(25)15-8-9-18-17(14-15)21-20(26)24(18)16-6-3-4-7-16/h8-9,14,16H,2-7,10-13H2,1H3,(H,21,26). The van der Waals surface area contributed by atoms with Crippen molar-refractivity contribution in [2.45, 2.75) is 45.1 Å². The van der Waals surface area contributed by atoms with E-state index in [-0.39, 0.29) is 11.6 Å². The second-order valence-corrected chi connectivity index (χ2v) is 7.55. The van der Waals surface area contributed by atoms with Crippen molar-refractivity contribution in [3.8, 4) is 0 Å². The van der Waals surface area contributed by atoms with Crippen LogP contribution in [0.15, 0.2) is 23.0 Å². The molecule has 4 rings (SSSR count). The number of hydrogen-bond donors (Lipinski definition) is 1. The summed E-state index contributed by atoms with van der Waals surface area (Å²) in [5.74, 6) is 0.0688. The summed E-state index contributed by atoms with van der Waals surface area (Å²) in [5.41, 5.74) is 2.32. The quantitative estimate of drug-likeness (QED) is 0.920. The number of hydrogen-bond acceptors (Lipinski definition) is 3. The first-order valence-electron chi connectivity index (χ1n) is 9.93. The molecular formula is C20H28N4O2. The smallest absolute Gasteiger partial charge is 0.326 e. The molecule has 0 atom stereocenters. The number of imidazole rings is 1. The SMILES string of the molecule is CCN1CCCN(C(=O)c2ccc3c(c2)[nH]c(=O)n3C2CCCC2)CC1. The number of nitrogens with zero attached hydrogens (tertiary/aromatic N) is 3. The predicted molar refractivity (Wildman–Crippen MR) is 103 cm³/mol. The number of likely N-dealkylation sites (N-methyl/N-ethyl adjacent to an activating group) is 1. The lowest BCUT2D eigenvalue weighted by atomic mass is 10.1. The van der Waals surface area contributed by atoms with Gasteiger partial charge in [0, 0.05) is 31.2 Å². The largest absolute Gasteiger partial charge is 0.337 e. The summed E-state index contributed by atoms with van der Waals surface area (Å²) in [4.78, 5) is 32.7. The summed E-state index contributed by atoms with van der Waals surface area (Å²) in [6, 6.07) is 5.97. The minimum atomic E-state index is -0.0511. The lowest BCUT2D eigenvalue weighted by Crippen LogP contribution is -2.35. The Morgan fingerprint density at radius 2 is 1.92 bits per heavy atom. The monoisotopic (exact) mass is 356 g/mol. The molecule has 0 radical (unpaired) electrons. The van der Waals surface area contributed by atoms with Gasteiger partial charge in [0.05, 0.1) is 11.0 Å². The molecule has 6 heteroatoms. The number of benzene rings is 1. The molecule has 26 heavy (non-hydrogen) atoms. The first-order chi connectivity index (χ1) is 12.7. The van der Waals surface area contributed by atoms with E-state index < -0.39 is 0 Å². The van der Waals surface area contributed by atoms with Crippen LogP contribution in [-0.4, -0.2) is 58.0 Å². The molecule has 6 nitrogen and oxygen atoms in total. The molecule has 1 aliphatic heterocycles. The highest BCUT2D eigenvalue weighted by Gasteiger charge is 2.23. The van der Waals surface area contributed by atoms with Crippen LogP contribution in [0.4, 0.5) is 0 Å². The van der Waals surface area contributed by atoms with Gasteiger partial charge in [-0.3, -0.25) is 9.36 Å². The van der Waals surface area contributed by atoms with Gasteiger partial charge in [0.2, 0.25) is 0 Å². The van der Waals surface area contributed by atoms with Crippen LogP contribution >= 0.6 is 0 Å². The predicted octanol–water partition coefficient (Wildman–Crippen LogP) is 2.61. The molecule has 0 unspecified atom stereocenters. The van der Waals surface area contributed by atoms with Crippen molar-refractivity contribution < 1.29 is 4.79 Å². The Labute approximate surface area is 153 Å². The Bertz CT molecular complexity index is 847. The molecule has 1 N–H and O–H groups in total. The van der Waals surface area contributed by atoms with E-state index in [1.54, 1.807) is 0 Å². The zero-order chi connectivity index (χ0) is 18.1. The fourth-order valence-electron chi connectivity index (χ4n) is 4.46. The Morgan fingerprint density at radius 3 is 2.69 bits per heavy atom. The van der Waals surface area contributed by atoms with Gasteiger partial charge in [0.15, 0.2) is 0 Å². The van der Waals surface area contributed by atoms with E-state index in [1.165, 1.54) is 12.8 Å². The first kappa shape index (κ1) is 17.3. The average Bonchev–Trinajstić information content (AvgIpc) is 3.20. The van der Waals surface area contributed by atoms with Gasteiger partial charge in [-0.1, -0.05) is 19.8 Å². The van der Waals surface area contributed by atoms with Gasteiger partial charge in [0.1, 0.15) is 0 Å². The third-order valence-electron chi connectivity index (χ3n) is 5.98. The number of rotatable bonds is 3. The topological polar surface area (TPSA) is 61.3 Å². The van der Waals surface area contributed by atoms with Crippen molar-refractivity contribution in [3.63, 3.8) is 0 Å². The van der Waals surface area contributed by atoms with Gasteiger partial charge >= 0.3 is 5.69 Å². The molecule has 140 valence electrons. The van der Waals surface area contributed by atoms with Crippen LogP contribution in [0.3, 0.4) is 0 Å². The summed E-state index contributed by atoms with van der Waals surface area (Å²) in [6.07, 6.45) is 5.51. The number of amides is 1. The van der Waals surface area contributed by atoms with Crippen LogP contribution in [0.1, 0.15) is 55.4 Å². The molecule has 2 heterocycles. The Balaban J connectivity index is 1.59. The van der Waals surface area contributed by atoms with Gasteiger partial charge in [-0.05, 0) is 50.6 Å². The highest BCUT2D eigenvalue weighted by molar-refractivity contribution is 5.97. The Hall–Kier alpha value is -2.08. The van der Waals surface area contributed by atoms with Crippen LogP contribution in [-0.2, 0) is 0 Å². The van der Waals surface area contributed by atoms with E-state index >= 15 is 0 Å². The number of carbonyl (C=O) groups is 1. The maximum absolute atomic E-state index is 12.9. The van der Waals surface area contributed by atoms with Crippen molar-refractivity contribution in [2.75, 3.05) is 32.7 Å². The van der Waals surface area contributed by atoms with Crippen LogP contribution in [0.25, 0.3) is 11.0 Å². The summed E-state index contributed by atoms with van der Waals surface area (Å²) in [7, 11) is 0. The van der Waals surface area contributed by atoms with Gasteiger partial charge in [-0.15, -0.1) is 0 Å². The molecule has 1 aromatic heterocycles. The maximum atomic E-state index is 12.9. The van der Waals surface area contributed by atoms with Gasteiger partial charge in [0.25, 0.3) is 5.91 Å². The van der Waals surface area contributed by atoms with Crippen molar-refractivity contribution in [2.24, 2.45) is 0 Å². The minimum Gasteiger partial charge on any atom is -0.337 e. The van der Waals surface area contributed by atoms with Crippen molar-refractivity contribution in [1.29, 1.82) is 0 Å². The van der Waals surface area contributed by atoms with Crippen LogP contribution in [0, 0.1) is 0 Å². The molecule has 0 bridgehead atoms.